The summed E-state index contributed by atoms with van der Waals surface area (Å²) in [6, 6.07) is 0.0801. The Bertz CT molecular complexity index is 182. The van der Waals surface area contributed by atoms with Gasteiger partial charge in [-0.15, -0.1) is 0 Å². The second kappa shape index (κ2) is 6.02. The predicted octanol–water partition coefficient (Wildman–Crippen LogP) is 1.55. The zero-order valence-electron chi connectivity index (χ0n) is 9.04. The van der Waals surface area contributed by atoms with Crippen molar-refractivity contribution in [1.82, 2.24) is 4.90 Å². The van der Waals surface area contributed by atoms with Gasteiger partial charge in [-0.3, -0.25) is 4.79 Å². The van der Waals surface area contributed by atoms with Crippen LogP contribution in [0.2, 0.25) is 0 Å². The second-order valence-electron chi connectivity index (χ2n) is 4.02. The number of aliphatic hydroxyl groups is 1. The minimum Gasteiger partial charge on any atom is -0.394 e. The number of amides is 1. The summed E-state index contributed by atoms with van der Waals surface area (Å²) in [5.41, 5.74) is 0. The third-order valence-corrected chi connectivity index (χ3v) is 2.87. The van der Waals surface area contributed by atoms with Gasteiger partial charge in [0.05, 0.1) is 12.6 Å². The van der Waals surface area contributed by atoms with Gasteiger partial charge in [-0.25, -0.2) is 0 Å². The van der Waals surface area contributed by atoms with Crippen LogP contribution in [0, 0.1) is 0 Å². The Labute approximate surface area is 86.1 Å². The van der Waals surface area contributed by atoms with Crippen LogP contribution in [-0.4, -0.2) is 35.1 Å². The highest BCUT2D eigenvalue weighted by Gasteiger charge is 2.23. The lowest BCUT2D eigenvalue weighted by molar-refractivity contribution is -0.134. The monoisotopic (exact) mass is 199 g/mol. The van der Waals surface area contributed by atoms with E-state index in [1.165, 1.54) is 6.42 Å². The molecule has 0 radical (unpaired) electrons. The van der Waals surface area contributed by atoms with Crippen molar-refractivity contribution in [2.45, 2.75) is 51.5 Å². The van der Waals surface area contributed by atoms with Gasteiger partial charge in [-0.05, 0) is 19.3 Å². The van der Waals surface area contributed by atoms with Crippen molar-refractivity contribution in [3.8, 4) is 0 Å². The summed E-state index contributed by atoms with van der Waals surface area (Å²) >= 11 is 0. The van der Waals surface area contributed by atoms with E-state index in [-0.39, 0.29) is 18.6 Å². The first-order valence-corrected chi connectivity index (χ1v) is 5.70. The van der Waals surface area contributed by atoms with Gasteiger partial charge in [0.15, 0.2) is 0 Å². The fraction of sp³-hybridized carbons (Fsp3) is 0.909. The molecule has 82 valence electrons. The number of carbonyl (C=O) groups excluding carboxylic acids is 1. The number of likely N-dealkylation sites (tertiary alicyclic amines) is 1. The Morgan fingerprint density at radius 1 is 1.43 bits per heavy atom. The Morgan fingerprint density at radius 2 is 2.21 bits per heavy atom. The van der Waals surface area contributed by atoms with Crippen molar-refractivity contribution in [3.05, 3.63) is 0 Å². The van der Waals surface area contributed by atoms with E-state index in [4.69, 9.17) is 0 Å². The first-order chi connectivity index (χ1) is 6.79. The van der Waals surface area contributed by atoms with Crippen LogP contribution in [0.3, 0.4) is 0 Å². The third kappa shape index (κ3) is 2.98. The van der Waals surface area contributed by atoms with Gasteiger partial charge in [0, 0.05) is 13.0 Å². The molecule has 0 aliphatic carbocycles. The van der Waals surface area contributed by atoms with Gasteiger partial charge in [0.2, 0.25) is 5.91 Å². The summed E-state index contributed by atoms with van der Waals surface area (Å²) in [5.74, 6) is 0.216. The molecule has 1 unspecified atom stereocenters. The first-order valence-electron chi connectivity index (χ1n) is 5.70. The molecule has 1 amide bonds. The highest BCUT2D eigenvalue weighted by atomic mass is 16.3. The van der Waals surface area contributed by atoms with Gasteiger partial charge in [-0.1, -0.05) is 19.8 Å². The largest absolute Gasteiger partial charge is 0.394 e. The molecule has 1 saturated heterocycles. The van der Waals surface area contributed by atoms with Crippen LogP contribution < -0.4 is 0 Å². The van der Waals surface area contributed by atoms with Crippen molar-refractivity contribution in [2.24, 2.45) is 0 Å². The molecule has 1 fully saturated rings. The maximum absolute atomic E-state index is 11.7. The molecule has 3 heteroatoms. The fourth-order valence-electron chi connectivity index (χ4n) is 2.05. The average Bonchev–Trinajstić information content (AvgIpc) is 2.42. The van der Waals surface area contributed by atoms with E-state index < -0.39 is 0 Å². The molecule has 0 aromatic heterocycles. The smallest absolute Gasteiger partial charge is 0.222 e. The SMILES string of the molecule is CCCC(=O)N1CCCCCC1CO. The van der Waals surface area contributed by atoms with E-state index in [1.54, 1.807) is 0 Å². The average molecular weight is 199 g/mol. The molecular formula is C11H21NO2. The predicted molar refractivity (Wildman–Crippen MR) is 56.0 cm³/mol. The summed E-state index contributed by atoms with van der Waals surface area (Å²) in [4.78, 5) is 13.6. The number of carbonyl (C=O) groups is 1. The van der Waals surface area contributed by atoms with E-state index >= 15 is 0 Å². The number of hydrogen-bond donors (Lipinski definition) is 1. The van der Waals surface area contributed by atoms with E-state index in [0.717, 1.165) is 32.2 Å². The molecular weight excluding hydrogens is 178 g/mol. The normalized spacial score (nSPS) is 23.3. The highest BCUT2D eigenvalue weighted by molar-refractivity contribution is 5.76. The zero-order valence-corrected chi connectivity index (χ0v) is 9.04. The van der Waals surface area contributed by atoms with Gasteiger partial charge in [-0.2, -0.15) is 0 Å². The molecule has 0 aromatic carbocycles. The zero-order chi connectivity index (χ0) is 10.4. The van der Waals surface area contributed by atoms with Crippen LogP contribution in [0.1, 0.15) is 45.4 Å². The molecule has 0 saturated carbocycles. The Morgan fingerprint density at radius 3 is 2.86 bits per heavy atom. The Hall–Kier alpha value is -0.570. The molecule has 1 aliphatic rings. The number of aliphatic hydroxyl groups excluding tert-OH is 1. The molecule has 0 spiro atoms. The van der Waals surface area contributed by atoms with E-state index in [0.29, 0.717) is 6.42 Å². The lowest BCUT2D eigenvalue weighted by Gasteiger charge is -2.28. The topological polar surface area (TPSA) is 40.5 Å². The summed E-state index contributed by atoms with van der Waals surface area (Å²) < 4.78 is 0. The third-order valence-electron chi connectivity index (χ3n) is 2.87. The molecule has 1 atom stereocenters. The van der Waals surface area contributed by atoms with E-state index in [1.807, 2.05) is 11.8 Å². The van der Waals surface area contributed by atoms with Crippen LogP contribution in [-0.2, 0) is 4.79 Å². The van der Waals surface area contributed by atoms with Crippen molar-refractivity contribution in [3.63, 3.8) is 0 Å². The molecule has 0 bridgehead atoms. The van der Waals surface area contributed by atoms with Crippen LogP contribution in [0.4, 0.5) is 0 Å². The van der Waals surface area contributed by atoms with Crippen LogP contribution in [0.15, 0.2) is 0 Å². The van der Waals surface area contributed by atoms with Gasteiger partial charge in [0.25, 0.3) is 0 Å². The summed E-state index contributed by atoms with van der Waals surface area (Å²) in [5, 5.41) is 9.21. The highest BCUT2D eigenvalue weighted by Crippen LogP contribution is 2.17. The number of hydrogen-bond acceptors (Lipinski definition) is 2. The van der Waals surface area contributed by atoms with Crippen molar-refractivity contribution < 1.29 is 9.90 Å². The van der Waals surface area contributed by atoms with E-state index in [2.05, 4.69) is 0 Å². The molecule has 1 heterocycles. The Kier molecular flexibility index (Phi) is 4.94. The molecule has 14 heavy (non-hydrogen) atoms. The van der Waals surface area contributed by atoms with Crippen LogP contribution in [0.25, 0.3) is 0 Å². The van der Waals surface area contributed by atoms with Crippen molar-refractivity contribution in [1.29, 1.82) is 0 Å². The molecule has 3 nitrogen and oxygen atoms in total. The second-order valence-corrected chi connectivity index (χ2v) is 4.02. The van der Waals surface area contributed by atoms with Gasteiger partial charge in [0.1, 0.15) is 0 Å². The van der Waals surface area contributed by atoms with Crippen LogP contribution in [0.5, 0.6) is 0 Å². The summed E-state index contributed by atoms with van der Waals surface area (Å²) in [6.07, 6.45) is 5.90. The van der Waals surface area contributed by atoms with Crippen molar-refractivity contribution in [2.75, 3.05) is 13.2 Å². The molecule has 1 aliphatic heterocycles. The summed E-state index contributed by atoms with van der Waals surface area (Å²) in [6.45, 7) is 2.98. The van der Waals surface area contributed by atoms with E-state index in [9.17, 15) is 9.90 Å². The maximum Gasteiger partial charge on any atom is 0.222 e. The lowest BCUT2D eigenvalue weighted by Crippen LogP contribution is -2.41. The van der Waals surface area contributed by atoms with Crippen LogP contribution >= 0.6 is 0 Å². The lowest BCUT2D eigenvalue weighted by atomic mass is 10.1. The standard InChI is InChI=1S/C11H21NO2/c1-2-6-11(14)12-8-5-3-4-7-10(12)9-13/h10,13H,2-9H2,1H3. The summed E-state index contributed by atoms with van der Waals surface area (Å²) in [7, 11) is 0. The minimum absolute atomic E-state index is 0.0801. The van der Waals surface area contributed by atoms with Gasteiger partial charge < -0.3 is 10.0 Å². The molecule has 0 aromatic rings. The minimum atomic E-state index is 0.0801. The maximum atomic E-state index is 11.7. The number of nitrogens with zero attached hydrogens (tertiary/aromatic N) is 1. The van der Waals surface area contributed by atoms with Gasteiger partial charge >= 0.3 is 0 Å². The van der Waals surface area contributed by atoms with Crippen molar-refractivity contribution >= 4 is 5.91 Å². The fourth-order valence-corrected chi connectivity index (χ4v) is 2.05. The quantitative estimate of drug-likeness (QED) is 0.749. The first kappa shape index (κ1) is 11.5. The molecule has 1 N–H and O–H groups in total. The number of rotatable bonds is 3. The molecule has 1 rings (SSSR count). The Balaban J connectivity index is 2.55.